The molecule has 0 saturated carbocycles. The normalized spacial score (nSPS) is 12.2. The summed E-state index contributed by atoms with van der Waals surface area (Å²) in [7, 11) is 0. The van der Waals surface area contributed by atoms with Crippen molar-refractivity contribution in [2.45, 2.75) is 13.0 Å². The smallest absolute Gasteiger partial charge is 0.253 e. The van der Waals surface area contributed by atoms with E-state index in [0.717, 1.165) is 5.75 Å². The van der Waals surface area contributed by atoms with E-state index in [0.29, 0.717) is 11.3 Å². The number of carbonyl (C=O) groups is 1. The largest absolute Gasteiger partial charge is 0.397 e. The number of rotatable bonds is 4. The molecule has 1 aromatic rings. The van der Waals surface area contributed by atoms with Gasteiger partial charge in [-0.25, -0.2) is 4.98 Å². The summed E-state index contributed by atoms with van der Waals surface area (Å²) in [4.78, 5) is 15.6. The number of nitrogens with zero attached hydrogens (tertiary/aromatic N) is 1. The molecule has 1 heterocycles. The number of nitrogens with one attached hydrogen (secondary N) is 1. The molecule has 0 aromatic carbocycles. The second-order valence-corrected chi connectivity index (χ2v) is 4.72. The highest BCUT2D eigenvalue weighted by atomic mass is 35.5. The number of amides is 1. The van der Waals surface area contributed by atoms with Crippen LogP contribution >= 0.6 is 23.4 Å². The zero-order valence-corrected chi connectivity index (χ0v) is 10.7. The summed E-state index contributed by atoms with van der Waals surface area (Å²) in [5.74, 6) is 0.633. The van der Waals surface area contributed by atoms with E-state index in [9.17, 15) is 4.79 Å². The number of hydrogen-bond acceptors (Lipinski definition) is 4. The van der Waals surface area contributed by atoms with Crippen molar-refractivity contribution < 1.29 is 4.79 Å². The summed E-state index contributed by atoms with van der Waals surface area (Å²) in [6.45, 7) is 1.94. The third-order valence-electron chi connectivity index (χ3n) is 1.94. The molecule has 0 saturated heterocycles. The molecule has 1 amide bonds. The van der Waals surface area contributed by atoms with Gasteiger partial charge in [-0.2, -0.15) is 11.8 Å². The quantitative estimate of drug-likeness (QED) is 0.809. The summed E-state index contributed by atoms with van der Waals surface area (Å²) in [5, 5.41) is 3.10. The Morgan fingerprint density at radius 2 is 2.44 bits per heavy atom. The molecule has 0 aliphatic rings. The predicted octanol–water partition coefficient (Wildman–Crippen LogP) is 1.80. The van der Waals surface area contributed by atoms with Crippen molar-refractivity contribution >= 4 is 35.0 Å². The Morgan fingerprint density at radius 3 is 3.06 bits per heavy atom. The van der Waals surface area contributed by atoms with Crippen LogP contribution in [0.5, 0.6) is 0 Å². The Labute approximate surface area is 104 Å². The lowest BCUT2D eigenvalue weighted by Crippen LogP contribution is -2.34. The molecule has 16 heavy (non-hydrogen) atoms. The lowest BCUT2D eigenvalue weighted by Gasteiger charge is -2.13. The fourth-order valence-corrected chi connectivity index (χ4v) is 1.97. The van der Waals surface area contributed by atoms with Crippen LogP contribution in [0.2, 0.25) is 5.15 Å². The van der Waals surface area contributed by atoms with E-state index in [1.54, 1.807) is 11.8 Å². The molecule has 1 atom stereocenters. The van der Waals surface area contributed by atoms with Crippen LogP contribution in [0.4, 0.5) is 5.69 Å². The maximum Gasteiger partial charge on any atom is 0.253 e. The molecule has 0 fully saturated rings. The van der Waals surface area contributed by atoms with Crippen LogP contribution in [0.1, 0.15) is 17.3 Å². The van der Waals surface area contributed by atoms with Crippen molar-refractivity contribution in [1.29, 1.82) is 0 Å². The summed E-state index contributed by atoms with van der Waals surface area (Å²) >= 11 is 7.38. The van der Waals surface area contributed by atoms with Crippen LogP contribution in [-0.4, -0.2) is 28.9 Å². The molecule has 88 valence electrons. The minimum Gasteiger partial charge on any atom is -0.397 e. The fraction of sp³-hybridized carbons (Fsp3) is 0.400. The van der Waals surface area contributed by atoms with E-state index in [2.05, 4.69) is 10.3 Å². The van der Waals surface area contributed by atoms with Crippen molar-refractivity contribution in [2.24, 2.45) is 0 Å². The standard InChI is InChI=1S/C10H14ClN3OS/c1-6(5-16-2)14-10(15)7-3-9(11)13-4-8(7)12/h3-4,6H,5,12H2,1-2H3,(H,14,15). The number of nitrogen functional groups attached to an aromatic ring is 1. The molecule has 1 rings (SSSR count). The third-order valence-corrected chi connectivity index (χ3v) is 2.98. The molecule has 0 bridgehead atoms. The molecule has 3 N–H and O–H groups in total. The maximum absolute atomic E-state index is 11.8. The molecule has 6 heteroatoms. The summed E-state index contributed by atoms with van der Waals surface area (Å²) in [6.07, 6.45) is 3.37. The van der Waals surface area contributed by atoms with Gasteiger partial charge in [0.05, 0.1) is 17.4 Å². The van der Waals surface area contributed by atoms with E-state index in [1.165, 1.54) is 12.3 Å². The van der Waals surface area contributed by atoms with Crippen molar-refractivity contribution in [1.82, 2.24) is 10.3 Å². The van der Waals surface area contributed by atoms with Crippen LogP contribution < -0.4 is 11.1 Å². The average molecular weight is 260 g/mol. The van der Waals surface area contributed by atoms with E-state index in [1.807, 2.05) is 13.2 Å². The lowest BCUT2D eigenvalue weighted by molar-refractivity contribution is 0.0944. The highest BCUT2D eigenvalue weighted by Crippen LogP contribution is 2.15. The Balaban J connectivity index is 2.76. The highest BCUT2D eigenvalue weighted by molar-refractivity contribution is 7.98. The highest BCUT2D eigenvalue weighted by Gasteiger charge is 2.13. The Kier molecular flexibility index (Phi) is 4.89. The minimum atomic E-state index is -0.219. The zero-order chi connectivity index (χ0) is 12.1. The first-order chi connectivity index (χ1) is 7.54. The number of pyridine rings is 1. The van der Waals surface area contributed by atoms with Gasteiger partial charge in [-0.3, -0.25) is 4.79 Å². The van der Waals surface area contributed by atoms with Crippen LogP contribution in [-0.2, 0) is 0 Å². The summed E-state index contributed by atoms with van der Waals surface area (Å²) in [5.41, 5.74) is 6.35. The minimum absolute atomic E-state index is 0.0915. The number of aromatic nitrogens is 1. The number of carbonyl (C=O) groups excluding carboxylic acids is 1. The molecule has 0 radical (unpaired) electrons. The first-order valence-electron chi connectivity index (χ1n) is 4.75. The number of hydrogen-bond donors (Lipinski definition) is 2. The van der Waals surface area contributed by atoms with Crippen LogP contribution in [0.25, 0.3) is 0 Å². The first kappa shape index (κ1) is 13.1. The van der Waals surface area contributed by atoms with Crippen LogP contribution in [0.3, 0.4) is 0 Å². The molecule has 1 aromatic heterocycles. The lowest BCUT2D eigenvalue weighted by atomic mass is 10.2. The summed E-state index contributed by atoms with van der Waals surface area (Å²) in [6, 6.07) is 1.56. The van der Waals surface area contributed by atoms with Gasteiger partial charge >= 0.3 is 0 Å². The van der Waals surface area contributed by atoms with Crippen molar-refractivity contribution in [2.75, 3.05) is 17.7 Å². The van der Waals surface area contributed by atoms with Gasteiger partial charge in [0, 0.05) is 11.8 Å². The Bertz CT molecular complexity index is 386. The number of halogens is 1. The predicted molar refractivity (Wildman–Crippen MR) is 69.0 cm³/mol. The number of thioether (sulfide) groups is 1. The van der Waals surface area contributed by atoms with Gasteiger partial charge in [0.15, 0.2) is 0 Å². The second-order valence-electron chi connectivity index (χ2n) is 3.42. The van der Waals surface area contributed by atoms with E-state index in [-0.39, 0.29) is 17.1 Å². The Morgan fingerprint density at radius 1 is 1.75 bits per heavy atom. The third kappa shape index (κ3) is 3.57. The molecule has 4 nitrogen and oxygen atoms in total. The maximum atomic E-state index is 11.8. The van der Waals surface area contributed by atoms with Gasteiger partial charge in [-0.1, -0.05) is 11.6 Å². The van der Waals surface area contributed by atoms with Gasteiger partial charge in [-0.05, 0) is 19.2 Å². The average Bonchev–Trinajstić information content (AvgIpc) is 2.21. The fourth-order valence-electron chi connectivity index (χ4n) is 1.23. The van der Waals surface area contributed by atoms with Crippen LogP contribution in [0.15, 0.2) is 12.3 Å². The molecule has 1 unspecified atom stereocenters. The van der Waals surface area contributed by atoms with Gasteiger partial charge < -0.3 is 11.1 Å². The number of anilines is 1. The van der Waals surface area contributed by atoms with Crippen LogP contribution in [0, 0.1) is 0 Å². The van der Waals surface area contributed by atoms with Gasteiger partial charge in [0.1, 0.15) is 5.15 Å². The van der Waals surface area contributed by atoms with E-state index >= 15 is 0 Å². The van der Waals surface area contributed by atoms with Crippen molar-refractivity contribution in [3.8, 4) is 0 Å². The first-order valence-corrected chi connectivity index (χ1v) is 6.52. The molecule has 0 aliphatic carbocycles. The topological polar surface area (TPSA) is 68.0 Å². The van der Waals surface area contributed by atoms with E-state index in [4.69, 9.17) is 17.3 Å². The van der Waals surface area contributed by atoms with E-state index < -0.39 is 0 Å². The molecule has 0 spiro atoms. The monoisotopic (exact) mass is 259 g/mol. The van der Waals surface area contributed by atoms with Gasteiger partial charge in [0.25, 0.3) is 5.91 Å². The zero-order valence-electron chi connectivity index (χ0n) is 9.16. The van der Waals surface area contributed by atoms with Crippen molar-refractivity contribution in [3.63, 3.8) is 0 Å². The van der Waals surface area contributed by atoms with Crippen molar-refractivity contribution in [3.05, 3.63) is 23.0 Å². The SMILES string of the molecule is CSCC(C)NC(=O)c1cc(Cl)ncc1N. The number of nitrogens with two attached hydrogens (primary N) is 1. The molecular formula is C10H14ClN3OS. The Hall–Kier alpha value is -0.940. The van der Waals surface area contributed by atoms with Gasteiger partial charge in [0.2, 0.25) is 0 Å². The van der Waals surface area contributed by atoms with Gasteiger partial charge in [-0.15, -0.1) is 0 Å². The molecular weight excluding hydrogens is 246 g/mol. The molecule has 0 aliphatic heterocycles. The second kappa shape index (κ2) is 5.96. The summed E-state index contributed by atoms with van der Waals surface area (Å²) < 4.78 is 0.